The van der Waals surface area contributed by atoms with Crippen molar-refractivity contribution in [2.24, 2.45) is 0 Å². The van der Waals surface area contributed by atoms with Gasteiger partial charge in [-0.3, -0.25) is 4.57 Å². The van der Waals surface area contributed by atoms with Crippen LogP contribution in [0.5, 0.6) is 0 Å². The zero-order chi connectivity index (χ0) is 30.9. The van der Waals surface area contributed by atoms with E-state index in [0.717, 1.165) is 81.2 Å². The van der Waals surface area contributed by atoms with Crippen LogP contribution in [0.15, 0.2) is 97.1 Å². The molecule has 6 nitrogen and oxygen atoms in total. The third-order valence-corrected chi connectivity index (χ3v) is 9.89. The van der Waals surface area contributed by atoms with Crippen molar-refractivity contribution in [3.05, 3.63) is 113 Å². The first-order chi connectivity index (χ1) is 22.7. The van der Waals surface area contributed by atoms with Crippen LogP contribution >= 0.6 is 11.3 Å². The molecule has 9 aromatic rings. The van der Waals surface area contributed by atoms with Gasteiger partial charge in [0.05, 0.1) is 54.8 Å². The van der Waals surface area contributed by atoms with Gasteiger partial charge >= 0.3 is 0 Å². The number of hydrogen-bond donors (Lipinski definition) is 0. The van der Waals surface area contributed by atoms with Crippen molar-refractivity contribution in [1.29, 1.82) is 5.26 Å². The number of fused-ring (bicyclic) bond motifs is 11. The molecule has 0 spiro atoms. The average molecular weight is 609 g/mol. The standard InChI is InChI=1S/C39H24N6S/c1-3-27-28(4-2)42-36-33-26-16-7-10-19-31(26)46-38(33)37-32(35(36)41-27)25-15-6-9-18-30(25)45(37)39-43-29-17-8-5-14-24(29)34(44-39)23-13-11-12-22(20-23)21-40/h3-20H,1-2H3/b27-3+,28-4+. The van der Waals surface area contributed by atoms with E-state index in [1.807, 2.05) is 74.5 Å². The van der Waals surface area contributed by atoms with Crippen molar-refractivity contribution in [2.75, 3.05) is 0 Å². The highest BCUT2D eigenvalue weighted by molar-refractivity contribution is 7.27. The second-order valence-electron chi connectivity index (χ2n) is 11.2. The molecule has 4 aromatic heterocycles. The monoisotopic (exact) mass is 608 g/mol. The van der Waals surface area contributed by atoms with Gasteiger partial charge in [0.1, 0.15) is 5.52 Å². The van der Waals surface area contributed by atoms with Crippen molar-refractivity contribution in [3.63, 3.8) is 0 Å². The van der Waals surface area contributed by atoms with E-state index < -0.39 is 0 Å². The van der Waals surface area contributed by atoms with Crippen LogP contribution in [0, 0.1) is 11.3 Å². The van der Waals surface area contributed by atoms with Crippen LogP contribution in [0.1, 0.15) is 19.4 Å². The molecule has 0 aliphatic rings. The van der Waals surface area contributed by atoms with Crippen molar-refractivity contribution in [1.82, 2.24) is 24.5 Å². The topological polar surface area (TPSA) is 80.3 Å². The van der Waals surface area contributed by atoms with Crippen LogP contribution in [-0.4, -0.2) is 24.5 Å². The number of thiophene rings is 1. The molecule has 0 fully saturated rings. The van der Waals surface area contributed by atoms with Gasteiger partial charge in [-0.25, -0.2) is 19.9 Å². The molecule has 46 heavy (non-hydrogen) atoms. The van der Waals surface area contributed by atoms with Crippen LogP contribution < -0.4 is 10.7 Å². The van der Waals surface area contributed by atoms with E-state index in [2.05, 4.69) is 59.2 Å². The summed E-state index contributed by atoms with van der Waals surface area (Å²) in [5, 5.41) is 16.7. The van der Waals surface area contributed by atoms with E-state index >= 15 is 0 Å². The average Bonchev–Trinajstić information content (AvgIpc) is 3.67. The molecule has 0 atom stereocenters. The van der Waals surface area contributed by atoms with Gasteiger partial charge in [-0.2, -0.15) is 5.26 Å². The lowest BCUT2D eigenvalue weighted by Gasteiger charge is -2.12. The number of nitriles is 1. The molecule has 216 valence electrons. The summed E-state index contributed by atoms with van der Waals surface area (Å²) >= 11 is 1.76. The first kappa shape index (κ1) is 26.4. The highest BCUT2D eigenvalue weighted by atomic mass is 32.1. The van der Waals surface area contributed by atoms with Crippen LogP contribution in [0.2, 0.25) is 0 Å². The molecule has 0 aliphatic carbocycles. The van der Waals surface area contributed by atoms with Crippen molar-refractivity contribution >= 4 is 87.4 Å². The van der Waals surface area contributed by atoms with Crippen LogP contribution in [-0.2, 0) is 0 Å². The largest absolute Gasteiger partial charge is 0.276 e. The summed E-state index contributed by atoms with van der Waals surface area (Å²) in [6, 6.07) is 34.9. The van der Waals surface area contributed by atoms with E-state index in [9.17, 15) is 5.26 Å². The maximum Gasteiger partial charge on any atom is 0.235 e. The van der Waals surface area contributed by atoms with Crippen LogP contribution in [0.3, 0.4) is 0 Å². The molecule has 0 unspecified atom stereocenters. The van der Waals surface area contributed by atoms with E-state index in [1.165, 1.54) is 4.70 Å². The number of para-hydroxylation sites is 2. The van der Waals surface area contributed by atoms with Gasteiger partial charge in [-0.1, -0.05) is 78.9 Å². The summed E-state index contributed by atoms with van der Waals surface area (Å²) in [6.07, 6.45) is 4.05. The van der Waals surface area contributed by atoms with Gasteiger partial charge in [0, 0.05) is 37.2 Å². The normalized spacial score (nSPS) is 12.8. The second-order valence-corrected chi connectivity index (χ2v) is 12.3. The lowest BCUT2D eigenvalue weighted by atomic mass is 10.0. The fourth-order valence-electron chi connectivity index (χ4n) is 6.70. The lowest BCUT2D eigenvalue weighted by molar-refractivity contribution is 1.02. The molecule has 0 bridgehead atoms. The third kappa shape index (κ3) is 3.68. The Hall–Kier alpha value is -5.97. The van der Waals surface area contributed by atoms with Gasteiger partial charge in [0.15, 0.2) is 0 Å². The zero-order valence-corrected chi connectivity index (χ0v) is 25.8. The Labute approximate surface area is 266 Å². The van der Waals surface area contributed by atoms with Gasteiger partial charge in [0.2, 0.25) is 5.95 Å². The fraction of sp³-hybridized carbons (Fsp3) is 0.0513. The van der Waals surface area contributed by atoms with Crippen molar-refractivity contribution < 1.29 is 0 Å². The minimum absolute atomic E-state index is 0.564. The quantitative estimate of drug-likeness (QED) is 0.198. The molecule has 0 amide bonds. The third-order valence-electron chi connectivity index (χ3n) is 8.71. The van der Waals surface area contributed by atoms with Crippen LogP contribution in [0.4, 0.5) is 0 Å². The van der Waals surface area contributed by atoms with Gasteiger partial charge in [-0.05, 0) is 44.2 Å². The molecule has 9 rings (SSSR count). The van der Waals surface area contributed by atoms with Crippen LogP contribution in [0.25, 0.3) is 93.3 Å². The number of rotatable bonds is 2. The predicted octanol–water partition coefficient (Wildman–Crippen LogP) is 8.18. The first-order valence-electron chi connectivity index (χ1n) is 15.1. The maximum atomic E-state index is 9.68. The molecular weight excluding hydrogens is 585 g/mol. The Balaban J connectivity index is 1.54. The maximum absolute atomic E-state index is 9.68. The smallest absolute Gasteiger partial charge is 0.235 e. The number of hydrogen-bond acceptors (Lipinski definition) is 6. The molecule has 0 aliphatic heterocycles. The molecule has 0 radical (unpaired) electrons. The lowest BCUT2D eigenvalue weighted by Crippen LogP contribution is -2.31. The summed E-state index contributed by atoms with van der Waals surface area (Å²) in [4.78, 5) is 21.0. The summed E-state index contributed by atoms with van der Waals surface area (Å²) in [7, 11) is 0. The van der Waals surface area contributed by atoms with E-state index in [4.69, 9.17) is 19.9 Å². The SMILES string of the molecule is C/C=c1/nc2c(n/c1=C/C)c1c3ccccc3n(-c3nc(-c4cccc(C#N)c4)c4ccccc4n3)c1c1sc3ccccc3c21. The first-order valence-corrected chi connectivity index (χ1v) is 15.9. The molecule has 0 saturated heterocycles. The highest BCUT2D eigenvalue weighted by Gasteiger charge is 2.25. The van der Waals surface area contributed by atoms with E-state index in [1.54, 1.807) is 11.3 Å². The molecular formula is C39H24N6S. The Kier molecular flexibility index (Phi) is 5.76. The summed E-state index contributed by atoms with van der Waals surface area (Å²) in [5.74, 6) is 0.564. The summed E-state index contributed by atoms with van der Waals surface area (Å²) in [6.45, 7) is 4.02. The predicted molar refractivity (Wildman–Crippen MR) is 190 cm³/mol. The minimum atomic E-state index is 0.564. The van der Waals surface area contributed by atoms with E-state index in [0.29, 0.717) is 11.5 Å². The highest BCUT2D eigenvalue weighted by Crippen LogP contribution is 2.46. The fourth-order valence-corrected chi connectivity index (χ4v) is 7.95. The molecule has 7 heteroatoms. The Bertz CT molecular complexity index is 2910. The molecule has 5 aromatic carbocycles. The summed E-state index contributed by atoms with van der Waals surface area (Å²) < 4.78 is 4.50. The Morgan fingerprint density at radius 2 is 1.39 bits per heavy atom. The Morgan fingerprint density at radius 1 is 0.696 bits per heavy atom. The van der Waals surface area contributed by atoms with Crippen molar-refractivity contribution in [3.8, 4) is 23.3 Å². The number of aromatic nitrogens is 5. The molecule has 4 heterocycles. The summed E-state index contributed by atoms with van der Waals surface area (Å²) in [5.41, 5.74) is 6.83. The number of nitrogens with zero attached hydrogens (tertiary/aromatic N) is 6. The molecule has 0 saturated carbocycles. The van der Waals surface area contributed by atoms with Crippen molar-refractivity contribution in [2.45, 2.75) is 13.8 Å². The second kappa shape index (κ2) is 10.0. The van der Waals surface area contributed by atoms with E-state index in [-0.39, 0.29) is 0 Å². The minimum Gasteiger partial charge on any atom is -0.276 e. The van der Waals surface area contributed by atoms with Gasteiger partial charge < -0.3 is 0 Å². The zero-order valence-electron chi connectivity index (χ0n) is 25.0. The Morgan fingerprint density at radius 3 is 2.17 bits per heavy atom. The molecule has 0 N–H and O–H groups in total. The number of benzene rings is 5. The van der Waals surface area contributed by atoms with Gasteiger partial charge in [0.25, 0.3) is 0 Å². The van der Waals surface area contributed by atoms with Gasteiger partial charge in [-0.15, -0.1) is 11.3 Å².